The zero-order valence-corrected chi connectivity index (χ0v) is 16.8. The number of thioether (sulfide) groups is 1. The Labute approximate surface area is 164 Å². The number of hydrogen-bond donors (Lipinski definition) is 2. The van der Waals surface area contributed by atoms with E-state index in [0.29, 0.717) is 31.1 Å². The molecular weight excluding hydrogens is 365 g/mol. The van der Waals surface area contributed by atoms with E-state index >= 15 is 0 Å². The van der Waals surface area contributed by atoms with Gasteiger partial charge in [0, 0.05) is 31.0 Å². The molecule has 2 heterocycles. The molecule has 2 amide bonds. The van der Waals surface area contributed by atoms with Crippen LogP contribution in [0.15, 0.2) is 24.3 Å². The lowest BCUT2D eigenvalue weighted by Gasteiger charge is -2.39. The average Bonchev–Trinajstić information content (AvgIpc) is 3.09. The van der Waals surface area contributed by atoms with Gasteiger partial charge in [-0.1, -0.05) is 26.3 Å². The summed E-state index contributed by atoms with van der Waals surface area (Å²) in [5.74, 6) is 0.778. The fraction of sp³-hybridized carbons (Fsp3) is 0.600. The van der Waals surface area contributed by atoms with E-state index in [0.717, 1.165) is 25.0 Å². The molecule has 148 valence electrons. The van der Waals surface area contributed by atoms with Crippen LogP contribution in [0.1, 0.15) is 43.5 Å². The van der Waals surface area contributed by atoms with Gasteiger partial charge in [-0.2, -0.15) is 0 Å². The summed E-state index contributed by atoms with van der Waals surface area (Å²) in [6.07, 6.45) is 2.62. The van der Waals surface area contributed by atoms with Gasteiger partial charge in [-0.05, 0) is 37.0 Å². The summed E-state index contributed by atoms with van der Waals surface area (Å²) >= 11 is 1.78. The van der Waals surface area contributed by atoms with Gasteiger partial charge in [-0.15, -0.1) is 11.8 Å². The van der Waals surface area contributed by atoms with E-state index in [1.54, 1.807) is 28.8 Å². The van der Waals surface area contributed by atoms with E-state index in [1.807, 2.05) is 0 Å². The number of benzene rings is 1. The third kappa shape index (κ3) is 4.82. The molecule has 5 nitrogen and oxygen atoms in total. The topological polar surface area (TPSA) is 61.4 Å². The summed E-state index contributed by atoms with van der Waals surface area (Å²) in [6.45, 7) is 6.17. The highest BCUT2D eigenvalue weighted by Gasteiger charge is 2.44. The lowest BCUT2D eigenvalue weighted by atomic mass is 10.0. The molecule has 3 rings (SSSR count). The number of amides is 2. The first-order valence-corrected chi connectivity index (χ1v) is 10.7. The zero-order valence-electron chi connectivity index (χ0n) is 16.0. The number of likely N-dealkylation sites (tertiary alicyclic amines) is 1. The van der Waals surface area contributed by atoms with Crippen molar-refractivity contribution in [1.29, 1.82) is 0 Å². The van der Waals surface area contributed by atoms with Gasteiger partial charge in [0.05, 0.1) is 10.9 Å². The number of hydrogen-bond acceptors (Lipinski definition) is 4. The van der Waals surface area contributed by atoms with Crippen molar-refractivity contribution >= 4 is 23.6 Å². The van der Waals surface area contributed by atoms with Gasteiger partial charge in [0.2, 0.25) is 5.91 Å². The van der Waals surface area contributed by atoms with Crippen LogP contribution in [0.5, 0.6) is 0 Å². The molecule has 2 aliphatic rings. The van der Waals surface area contributed by atoms with E-state index in [1.165, 1.54) is 12.1 Å². The number of rotatable bonds is 5. The Balaban J connectivity index is 1.51. The Kier molecular flexibility index (Phi) is 6.42. The quantitative estimate of drug-likeness (QED) is 0.807. The monoisotopic (exact) mass is 393 g/mol. The highest BCUT2D eigenvalue weighted by atomic mass is 32.2. The first kappa shape index (κ1) is 20.1. The van der Waals surface area contributed by atoms with Gasteiger partial charge < -0.3 is 10.2 Å². The maximum absolute atomic E-state index is 13.4. The maximum atomic E-state index is 13.4. The van der Waals surface area contributed by atoms with Gasteiger partial charge in [-0.25, -0.2) is 4.39 Å². The Bertz CT molecular complexity index is 692. The number of carbonyl (C=O) groups is 2. The van der Waals surface area contributed by atoms with Crippen molar-refractivity contribution < 1.29 is 14.0 Å². The van der Waals surface area contributed by atoms with E-state index in [2.05, 4.69) is 24.5 Å². The summed E-state index contributed by atoms with van der Waals surface area (Å²) in [6, 6.07) is 5.66. The van der Waals surface area contributed by atoms with E-state index < -0.39 is 5.82 Å². The fourth-order valence-corrected chi connectivity index (χ4v) is 4.91. The second-order valence-electron chi connectivity index (χ2n) is 7.56. The van der Waals surface area contributed by atoms with Crippen molar-refractivity contribution in [3.05, 3.63) is 35.6 Å². The molecule has 0 radical (unpaired) electrons. The summed E-state index contributed by atoms with van der Waals surface area (Å²) in [5.41, 5.74) is 0.389. The second-order valence-corrected chi connectivity index (χ2v) is 8.97. The lowest BCUT2D eigenvalue weighted by Crippen LogP contribution is -2.54. The van der Waals surface area contributed by atoms with Gasteiger partial charge in [0.25, 0.3) is 5.91 Å². The zero-order chi connectivity index (χ0) is 19.4. The Morgan fingerprint density at radius 3 is 2.81 bits per heavy atom. The Morgan fingerprint density at radius 2 is 2.15 bits per heavy atom. The molecule has 0 bridgehead atoms. The highest BCUT2D eigenvalue weighted by Crippen LogP contribution is 2.39. The predicted octanol–water partition coefficient (Wildman–Crippen LogP) is 2.63. The van der Waals surface area contributed by atoms with Crippen LogP contribution in [0.4, 0.5) is 4.39 Å². The molecule has 0 saturated carbocycles. The SMILES string of the molecule is CCC(C)CNC(=O)C1CSC2(CCN(C(=O)c3cccc(F)c3)CC2)N1. The van der Waals surface area contributed by atoms with Crippen LogP contribution in [0, 0.1) is 11.7 Å². The van der Waals surface area contributed by atoms with Crippen molar-refractivity contribution in [3.8, 4) is 0 Å². The van der Waals surface area contributed by atoms with Crippen molar-refractivity contribution in [2.45, 2.75) is 44.0 Å². The van der Waals surface area contributed by atoms with Crippen LogP contribution in [0.2, 0.25) is 0 Å². The highest BCUT2D eigenvalue weighted by molar-refractivity contribution is 8.01. The first-order chi connectivity index (χ1) is 12.9. The second kappa shape index (κ2) is 8.61. The molecule has 0 aliphatic carbocycles. The minimum Gasteiger partial charge on any atom is -0.354 e. The molecule has 1 aromatic rings. The van der Waals surface area contributed by atoms with Crippen molar-refractivity contribution in [2.24, 2.45) is 5.92 Å². The molecular formula is C20H28FN3O2S. The van der Waals surface area contributed by atoms with Crippen molar-refractivity contribution in [1.82, 2.24) is 15.5 Å². The van der Waals surface area contributed by atoms with Crippen LogP contribution < -0.4 is 10.6 Å². The van der Waals surface area contributed by atoms with Gasteiger partial charge >= 0.3 is 0 Å². The number of piperidine rings is 1. The number of nitrogens with one attached hydrogen (secondary N) is 2. The molecule has 2 atom stereocenters. The maximum Gasteiger partial charge on any atom is 0.253 e. The molecule has 2 aliphatic heterocycles. The molecule has 2 fully saturated rings. The van der Waals surface area contributed by atoms with Crippen molar-refractivity contribution in [3.63, 3.8) is 0 Å². The van der Waals surface area contributed by atoms with Gasteiger partial charge in [0.15, 0.2) is 0 Å². The normalized spacial score (nSPS) is 22.6. The number of nitrogens with zero attached hydrogens (tertiary/aromatic N) is 1. The average molecular weight is 394 g/mol. The molecule has 2 N–H and O–H groups in total. The Morgan fingerprint density at radius 1 is 1.41 bits per heavy atom. The van der Waals surface area contributed by atoms with E-state index in [-0.39, 0.29) is 22.7 Å². The van der Waals surface area contributed by atoms with E-state index in [4.69, 9.17) is 0 Å². The smallest absolute Gasteiger partial charge is 0.253 e. The van der Waals surface area contributed by atoms with Crippen molar-refractivity contribution in [2.75, 3.05) is 25.4 Å². The van der Waals surface area contributed by atoms with Crippen LogP contribution in [0.25, 0.3) is 0 Å². The fourth-order valence-electron chi connectivity index (χ4n) is 3.49. The molecule has 1 spiro atoms. The third-order valence-electron chi connectivity index (χ3n) is 5.53. The first-order valence-electron chi connectivity index (χ1n) is 9.66. The van der Waals surface area contributed by atoms with Crippen LogP contribution >= 0.6 is 11.8 Å². The third-order valence-corrected chi connectivity index (χ3v) is 7.11. The molecule has 2 saturated heterocycles. The van der Waals surface area contributed by atoms with Crippen LogP contribution in [-0.4, -0.2) is 53.0 Å². The Hall–Kier alpha value is -1.60. The molecule has 1 aromatic carbocycles. The standard InChI is InChI=1S/C20H28FN3O2S/c1-3-14(2)12-22-18(25)17-13-27-20(23-17)7-9-24(10-8-20)19(26)15-5-4-6-16(21)11-15/h4-6,11,14,17,23H,3,7-10,12-13H2,1-2H3,(H,22,25). The summed E-state index contributed by atoms with van der Waals surface area (Å²) in [4.78, 5) is 26.6. The molecule has 0 aromatic heterocycles. The lowest BCUT2D eigenvalue weighted by molar-refractivity contribution is -0.122. The summed E-state index contributed by atoms with van der Waals surface area (Å²) in [5, 5.41) is 6.55. The van der Waals surface area contributed by atoms with E-state index in [9.17, 15) is 14.0 Å². The largest absolute Gasteiger partial charge is 0.354 e. The summed E-state index contributed by atoms with van der Waals surface area (Å²) < 4.78 is 13.4. The number of halogens is 1. The van der Waals surface area contributed by atoms with Gasteiger partial charge in [-0.3, -0.25) is 14.9 Å². The van der Waals surface area contributed by atoms with Crippen LogP contribution in [0.3, 0.4) is 0 Å². The predicted molar refractivity (Wildman–Crippen MR) is 106 cm³/mol. The minimum atomic E-state index is -0.395. The summed E-state index contributed by atoms with van der Waals surface area (Å²) in [7, 11) is 0. The van der Waals surface area contributed by atoms with Crippen LogP contribution in [-0.2, 0) is 4.79 Å². The number of carbonyl (C=O) groups excluding carboxylic acids is 2. The molecule has 7 heteroatoms. The molecule has 27 heavy (non-hydrogen) atoms. The van der Waals surface area contributed by atoms with Gasteiger partial charge in [0.1, 0.15) is 5.82 Å². The molecule has 2 unspecified atom stereocenters. The minimum absolute atomic E-state index is 0.0675.